The van der Waals surface area contributed by atoms with Gasteiger partial charge in [-0.2, -0.15) is 0 Å². The molecule has 1 N–H and O–H groups in total. The van der Waals surface area contributed by atoms with Crippen molar-refractivity contribution in [3.05, 3.63) is 106 Å². The van der Waals surface area contributed by atoms with Crippen molar-refractivity contribution in [1.82, 2.24) is 10.2 Å². The van der Waals surface area contributed by atoms with Gasteiger partial charge in [-0.05, 0) is 40.8 Å². The maximum absolute atomic E-state index is 13.6. The molecule has 0 aliphatic carbocycles. The lowest BCUT2D eigenvalue weighted by Gasteiger charge is -2.32. The van der Waals surface area contributed by atoms with Gasteiger partial charge in [-0.1, -0.05) is 86.1 Å². The lowest BCUT2D eigenvalue weighted by atomic mass is 10.0. The molecule has 7 heteroatoms. The first-order chi connectivity index (χ1) is 17.3. The van der Waals surface area contributed by atoms with Gasteiger partial charge in [0.15, 0.2) is 0 Å². The van der Waals surface area contributed by atoms with Crippen molar-refractivity contribution in [2.75, 3.05) is 12.3 Å². The Bertz CT molecular complexity index is 1130. The molecule has 0 bridgehead atoms. The molecule has 0 saturated carbocycles. The van der Waals surface area contributed by atoms with Crippen molar-refractivity contribution in [1.29, 1.82) is 0 Å². The number of halogens is 2. The van der Waals surface area contributed by atoms with Gasteiger partial charge in [-0.25, -0.2) is 4.39 Å². The summed E-state index contributed by atoms with van der Waals surface area (Å²) in [4.78, 5) is 28.7. The van der Waals surface area contributed by atoms with Crippen molar-refractivity contribution in [2.24, 2.45) is 5.92 Å². The van der Waals surface area contributed by atoms with Gasteiger partial charge in [-0.15, -0.1) is 11.8 Å². The number of thioether (sulfide) groups is 1. The largest absolute Gasteiger partial charge is 0.354 e. The fourth-order valence-corrected chi connectivity index (χ4v) is 4.77. The molecule has 0 heterocycles. The van der Waals surface area contributed by atoms with Crippen molar-refractivity contribution < 1.29 is 14.0 Å². The molecule has 3 rings (SSSR count). The van der Waals surface area contributed by atoms with E-state index in [1.165, 1.54) is 23.9 Å². The highest BCUT2D eigenvalue weighted by Gasteiger charge is 2.30. The van der Waals surface area contributed by atoms with Crippen molar-refractivity contribution in [3.63, 3.8) is 0 Å². The van der Waals surface area contributed by atoms with Crippen LogP contribution in [-0.2, 0) is 28.3 Å². The fourth-order valence-electron chi connectivity index (χ4n) is 3.71. The Morgan fingerprint density at radius 2 is 1.61 bits per heavy atom. The van der Waals surface area contributed by atoms with Crippen molar-refractivity contribution in [2.45, 2.75) is 38.6 Å². The zero-order valence-electron chi connectivity index (χ0n) is 20.6. The van der Waals surface area contributed by atoms with Gasteiger partial charge in [-0.3, -0.25) is 9.59 Å². The number of nitrogens with zero attached hydrogens (tertiary/aromatic N) is 1. The van der Waals surface area contributed by atoms with E-state index >= 15 is 0 Å². The first-order valence-electron chi connectivity index (χ1n) is 12.0. The van der Waals surface area contributed by atoms with Gasteiger partial charge in [0.25, 0.3) is 0 Å². The number of hydrogen-bond donors (Lipinski definition) is 1. The minimum Gasteiger partial charge on any atom is -0.354 e. The highest BCUT2D eigenvalue weighted by atomic mass is 35.5. The van der Waals surface area contributed by atoms with Crippen LogP contribution in [0.4, 0.5) is 4.39 Å². The number of hydrogen-bond acceptors (Lipinski definition) is 3. The van der Waals surface area contributed by atoms with E-state index in [-0.39, 0.29) is 35.8 Å². The van der Waals surface area contributed by atoms with Crippen LogP contribution in [0.5, 0.6) is 0 Å². The topological polar surface area (TPSA) is 49.4 Å². The summed E-state index contributed by atoms with van der Waals surface area (Å²) in [5.41, 5.74) is 2.69. The lowest BCUT2D eigenvalue weighted by molar-refractivity contribution is -0.139. The second kappa shape index (κ2) is 14.0. The molecule has 0 aromatic heterocycles. The van der Waals surface area contributed by atoms with E-state index in [9.17, 15) is 14.0 Å². The third-order valence-corrected chi connectivity index (χ3v) is 7.02. The van der Waals surface area contributed by atoms with Crippen LogP contribution in [0.15, 0.2) is 78.9 Å². The van der Waals surface area contributed by atoms with Crippen LogP contribution in [0, 0.1) is 11.7 Å². The number of amides is 2. The molecule has 1 atom stereocenters. The third kappa shape index (κ3) is 8.68. The van der Waals surface area contributed by atoms with Gasteiger partial charge in [0.1, 0.15) is 11.9 Å². The van der Waals surface area contributed by atoms with Crippen molar-refractivity contribution in [3.8, 4) is 0 Å². The number of carbonyl (C=O) groups excluding carboxylic acids is 2. The fraction of sp³-hybridized carbons (Fsp3) is 0.310. The van der Waals surface area contributed by atoms with E-state index in [2.05, 4.69) is 5.32 Å². The summed E-state index contributed by atoms with van der Waals surface area (Å²) in [6.45, 7) is 4.82. The second-order valence-electron chi connectivity index (χ2n) is 9.08. The average Bonchev–Trinajstić information content (AvgIpc) is 2.87. The van der Waals surface area contributed by atoms with Crippen LogP contribution in [0.1, 0.15) is 30.5 Å². The first kappa shape index (κ1) is 27.8. The van der Waals surface area contributed by atoms with E-state index in [0.717, 1.165) is 16.7 Å². The van der Waals surface area contributed by atoms with Crippen LogP contribution < -0.4 is 5.32 Å². The van der Waals surface area contributed by atoms with Crippen LogP contribution >= 0.6 is 23.4 Å². The molecule has 190 valence electrons. The molecule has 4 nitrogen and oxygen atoms in total. The minimum absolute atomic E-state index is 0.150. The summed E-state index contributed by atoms with van der Waals surface area (Å²) in [7, 11) is 0. The first-order valence-corrected chi connectivity index (χ1v) is 13.5. The Labute approximate surface area is 222 Å². The molecule has 0 radical (unpaired) electrons. The standard InChI is InChI=1S/C29H32ClFN2O2S/c1-21(2)17-32-29(35)27(16-22-8-4-3-5-9-22)33(18-24-10-6-7-11-26(24)30)28(34)20-36-19-23-12-14-25(31)15-13-23/h3-15,21,27H,16-20H2,1-2H3,(H,32,35)/t27-/m1/s1. The smallest absolute Gasteiger partial charge is 0.243 e. The zero-order valence-corrected chi connectivity index (χ0v) is 22.2. The van der Waals surface area contributed by atoms with Crippen molar-refractivity contribution >= 4 is 35.2 Å². The van der Waals surface area contributed by atoms with E-state index in [1.807, 2.05) is 62.4 Å². The number of benzene rings is 3. The lowest BCUT2D eigenvalue weighted by Crippen LogP contribution is -2.51. The van der Waals surface area contributed by atoms with E-state index < -0.39 is 6.04 Å². The van der Waals surface area contributed by atoms with Gasteiger partial charge < -0.3 is 10.2 Å². The maximum Gasteiger partial charge on any atom is 0.243 e. The predicted molar refractivity (Wildman–Crippen MR) is 146 cm³/mol. The van der Waals surface area contributed by atoms with Gasteiger partial charge in [0.05, 0.1) is 5.75 Å². The number of nitrogens with one attached hydrogen (secondary N) is 1. The second-order valence-corrected chi connectivity index (χ2v) is 10.5. The molecule has 0 aliphatic rings. The zero-order chi connectivity index (χ0) is 25.9. The third-order valence-electron chi connectivity index (χ3n) is 5.66. The molecule has 36 heavy (non-hydrogen) atoms. The Morgan fingerprint density at radius 3 is 2.28 bits per heavy atom. The monoisotopic (exact) mass is 526 g/mol. The molecule has 0 spiro atoms. The summed E-state index contributed by atoms with van der Waals surface area (Å²) in [5.74, 6) is 0.408. The SMILES string of the molecule is CC(C)CNC(=O)[C@@H](Cc1ccccc1)N(Cc1ccccc1Cl)C(=O)CSCc1ccc(F)cc1. The van der Waals surface area contributed by atoms with Crippen LogP contribution in [0.3, 0.4) is 0 Å². The molecular weight excluding hydrogens is 495 g/mol. The average molecular weight is 527 g/mol. The van der Waals surface area contributed by atoms with Crippen LogP contribution in [0.2, 0.25) is 5.02 Å². The molecule has 2 amide bonds. The van der Waals surface area contributed by atoms with E-state index in [0.29, 0.717) is 23.7 Å². The maximum atomic E-state index is 13.6. The summed E-state index contributed by atoms with van der Waals surface area (Å²) >= 11 is 7.88. The normalized spacial score (nSPS) is 11.8. The molecule has 0 aliphatic heterocycles. The van der Waals surface area contributed by atoms with E-state index in [1.54, 1.807) is 23.1 Å². The molecule has 3 aromatic rings. The summed E-state index contributed by atoms with van der Waals surface area (Å²) < 4.78 is 13.2. The summed E-state index contributed by atoms with van der Waals surface area (Å²) in [6.07, 6.45) is 0.392. The van der Waals surface area contributed by atoms with Gasteiger partial charge in [0, 0.05) is 30.3 Å². The highest BCUT2D eigenvalue weighted by Crippen LogP contribution is 2.22. The molecule has 0 unspecified atom stereocenters. The Kier molecular flexibility index (Phi) is 10.8. The Hall–Kier alpha value is -2.83. The highest BCUT2D eigenvalue weighted by molar-refractivity contribution is 7.99. The molecular formula is C29H32ClFN2O2S. The van der Waals surface area contributed by atoms with Gasteiger partial charge >= 0.3 is 0 Å². The summed E-state index contributed by atoms with van der Waals surface area (Å²) in [6, 6.07) is 22.6. The van der Waals surface area contributed by atoms with Gasteiger partial charge in [0.2, 0.25) is 11.8 Å². The van der Waals surface area contributed by atoms with Crippen LogP contribution in [0.25, 0.3) is 0 Å². The van der Waals surface area contributed by atoms with Crippen LogP contribution in [-0.4, -0.2) is 35.1 Å². The molecule has 0 saturated heterocycles. The number of carbonyl (C=O) groups is 2. The van der Waals surface area contributed by atoms with E-state index in [4.69, 9.17) is 11.6 Å². The number of rotatable bonds is 12. The summed E-state index contributed by atoms with van der Waals surface area (Å²) in [5, 5.41) is 3.57. The Morgan fingerprint density at radius 1 is 0.944 bits per heavy atom. The predicted octanol–water partition coefficient (Wildman–Crippen LogP) is 6.12. The Balaban J connectivity index is 1.84. The molecule has 0 fully saturated rings. The minimum atomic E-state index is -0.693. The quantitative estimate of drug-likeness (QED) is 0.309. The molecule has 3 aromatic carbocycles.